The smallest absolute Gasteiger partial charge is 0.231 e. The Bertz CT molecular complexity index is 493. The molecule has 0 aliphatic carbocycles. The van der Waals surface area contributed by atoms with E-state index >= 15 is 0 Å². The van der Waals surface area contributed by atoms with E-state index in [1.54, 1.807) is 11.3 Å². The molecule has 0 amide bonds. The molecule has 2 aromatic rings. The fourth-order valence-corrected chi connectivity index (χ4v) is 3.00. The summed E-state index contributed by atoms with van der Waals surface area (Å²) in [5.74, 6) is 2.21. The Balaban J connectivity index is 2.14. The van der Waals surface area contributed by atoms with Gasteiger partial charge >= 0.3 is 0 Å². The van der Waals surface area contributed by atoms with E-state index in [0.717, 1.165) is 18.1 Å². The highest BCUT2D eigenvalue weighted by Gasteiger charge is 2.27. The predicted octanol–water partition coefficient (Wildman–Crippen LogP) is 3.07. The first-order valence-corrected chi connectivity index (χ1v) is 7.52. The molecule has 2 rings (SSSR count). The van der Waals surface area contributed by atoms with Crippen molar-refractivity contribution in [1.29, 1.82) is 0 Å². The molecule has 0 bridgehead atoms. The third kappa shape index (κ3) is 3.42. The Morgan fingerprint density at radius 1 is 1.37 bits per heavy atom. The number of aromatic nitrogens is 2. The van der Waals surface area contributed by atoms with E-state index in [0.29, 0.717) is 12.0 Å². The average molecular weight is 279 g/mol. The van der Waals surface area contributed by atoms with Gasteiger partial charge in [0.2, 0.25) is 5.89 Å². The first-order chi connectivity index (χ1) is 9.11. The van der Waals surface area contributed by atoms with Gasteiger partial charge in [0.25, 0.3) is 0 Å². The molecule has 0 aliphatic heterocycles. The summed E-state index contributed by atoms with van der Waals surface area (Å²) in [6.07, 6.45) is 0.750. The minimum absolute atomic E-state index is 0.245. The molecule has 2 heterocycles. The predicted molar refractivity (Wildman–Crippen MR) is 77.5 cm³/mol. The number of likely N-dealkylation sites (N-methyl/N-ethyl adjacent to an activating group) is 1. The molecule has 2 atom stereocenters. The quantitative estimate of drug-likeness (QED) is 0.883. The van der Waals surface area contributed by atoms with E-state index < -0.39 is 0 Å². The van der Waals surface area contributed by atoms with Crippen molar-refractivity contribution in [2.45, 2.75) is 39.2 Å². The van der Waals surface area contributed by atoms with Crippen LogP contribution < -0.4 is 5.32 Å². The van der Waals surface area contributed by atoms with Crippen molar-refractivity contribution in [3.63, 3.8) is 0 Å². The maximum atomic E-state index is 5.46. The zero-order valence-corrected chi connectivity index (χ0v) is 12.7. The first kappa shape index (κ1) is 14.2. The van der Waals surface area contributed by atoms with Crippen LogP contribution in [0.4, 0.5) is 0 Å². The third-order valence-electron chi connectivity index (χ3n) is 3.39. The zero-order valence-electron chi connectivity index (χ0n) is 11.9. The third-order valence-corrected chi connectivity index (χ3v) is 4.27. The van der Waals surface area contributed by atoms with Gasteiger partial charge in [0, 0.05) is 17.3 Å². The van der Waals surface area contributed by atoms with Gasteiger partial charge in [-0.15, -0.1) is 11.3 Å². The van der Waals surface area contributed by atoms with Crippen molar-refractivity contribution in [2.24, 2.45) is 5.92 Å². The largest absolute Gasteiger partial charge is 0.339 e. The summed E-state index contributed by atoms with van der Waals surface area (Å²) in [5, 5.41) is 9.44. The Hall–Kier alpha value is -1.20. The Morgan fingerprint density at radius 2 is 2.16 bits per heavy atom. The molecule has 0 radical (unpaired) electrons. The zero-order chi connectivity index (χ0) is 13.8. The van der Waals surface area contributed by atoms with Gasteiger partial charge in [-0.05, 0) is 31.3 Å². The van der Waals surface area contributed by atoms with Crippen molar-refractivity contribution in [3.05, 3.63) is 34.1 Å². The summed E-state index contributed by atoms with van der Waals surface area (Å²) in [6, 6.07) is 4.45. The molecule has 4 nitrogen and oxygen atoms in total. The van der Waals surface area contributed by atoms with E-state index in [9.17, 15) is 0 Å². The van der Waals surface area contributed by atoms with Gasteiger partial charge < -0.3 is 9.84 Å². The SMILES string of the molecule is CNC(C)C(c1nc(Cc2cccs2)no1)C(C)C. The second-order valence-electron chi connectivity index (χ2n) is 5.15. The highest BCUT2D eigenvalue weighted by Crippen LogP contribution is 2.27. The molecule has 2 aromatic heterocycles. The highest BCUT2D eigenvalue weighted by molar-refractivity contribution is 7.09. The summed E-state index contributed by atoms with van der Waals surface area (Å²) in [7, 11) is 1.96. The first-order valence-electron chi connectivity index (χ1n) is 6.64. The lowest BCUT2D eigenvalue weighted by atomic mass is 9.89. The van der Waals surface area contributed by atoms with Gasteiger partial charge in [-0.25, -0.2) is 0 Å². The monoisotopic (exact) mass is 279 g/mol. The summed E-state index contributed by atoms with van der Waals surface area (Å²) in [6.45, 7) is 6.51. The van der Waals surface area contributed by atoms with Gasteiger partial charge in [0.15, 0.2) is 5.82 Å². The van der Waals surface area contributed by atoms with Gasteiger partial charge in [0.1, 0.15) is 0 Å². The van der Waals surface area contributed by atoms with E-state index in [4.69, 9.17) is 4.52 Å². The highest BCUT2D eigenvalue weighted by atomic mass is 32.1. The molecule has 19 heavy (non-hydrogen) atoms. The second kappa shape index (κ2) is 6.30. The van der Waals surface area contributed by atoms with E-state index in [2.05, 4.69) is 47.7 Å². The molecule has 0 spiro atoms. The maximum absolute atomic E-state index is 5.46. The molecule has 0 saturated heterocycles. The van der Waals surface area contributed by atoms with Crippen molar-refractivity contribution in [2.75, 3.05) is 7.05 Å². The van der Waals surface area contributed by atoms with Crippen LogP contribution in [0.15, 0.2) is 22.0 Å². The molecule has 1 N–H and O–H groups in total. The minimum atomic E-state index is 0.245. The van der Waals surface area contributed by atoms with E-state index in [1.807, 2.05) is 13.1 Å². The molecular weight excluding hydrogens is 258 g/mol. The lowest BCUT2D eigenvalue weighted by Gasteiger charge is -2.23. The van der Waals surface area contributed by atoms with Crippen LogP contribution in [-0.2, 0) is 6.42 Å². The minimum Gasteiger partial charge on any atom is -0.339 e. The molecule has 2 unspecified atom stereocenters. The summed E-state index contributed by atoms with van der Waals surface area (Å²) < 4.78 is 5.46. The summed E-state index contributed by atoms with van der Waals surface area (Å²) in [5.41, 5.74) is 0. The van der Waals surface area contributed by atoms with Crippen LogP contribution >= 0.6 is 11.3 Å². The van der Waals surface area contributed by atoms with Crippen molar-refractivity contribution >= 4 is 11.3 Å². The van der Waals surface area contributed by atoms with E-state index in [1.165, 1.54) is 4.88 Å². The average Bonchev–Trinajstić information content (AvgIpc) is 3.01. The van der Waals surface area contributed by atoms with Crippen LogP contribution in [0.1, 0.15) is 43.3 Å². The van der Waals surface area contributed by atoms with Gasteiger partial charge in [-0.3, -0.25) is 0 Å². The van der Waals surface area contributed by atoms with Crippen molar-refractivity contribution < 1.29 is 4.52 Å². The number of nitrogens with zero attached hydrogens (tertiary/aromatic N) is 2. The number of thiophene rings is 1. The number of hydrogen-bond donors (Lipinski definition) is 1. The van der Waals surface area contributed by atoms with Crippen LogP contribution in [0, 0.1) is 5.92 Å². The van der Waals surface area contributed by atoms with Crippen LogP contribution in [0.25, 0.3) is 0 Å². The Morgan fingerprint density at radius 3 is 2.74 bits per heavy atom. The molecule has 5 heteroatoms. The van der Waals surface area contributed by atoms with Gasteiger partial charge in [0.05, 0.1) is 5.92 Å². The fourth-order valence-electron chi connectivity index (χ4n) is 2.30. The lowest BCUT2D eigenvalue weighted by molar-refractivity contribution is 0.285. The summed E-state index contributed by atoms with van der Waals surface area (Å²) >= 11 is 1.72. The number of rotatable bonds is 6. The molecule has 104 valence electrons. The standard InChI is InChI=1S/C14H21N3OS/c1-9(2)13(10(3)15-4)14-16-12(17-18-14)8-11-6-5-7-19-11/h5-7,9-10,13,15H,8H2,1-4H3. The van der Waals surface area contributed by atoms with Crippen LogP contribution in [-0.4, -0.2) is 23.2 Å². The van der Waals surface area contributed by atoms with Gasteiger partial charge in [-0.1, -0.05) is 25.1 Å². The number of hydrogen-bond acceptors (Lipinski definition) is 5. The topological polar surface area (TPSA) is 51.0 Å². The molecule has 0 saturated carbocycles. The number of nitrogens with one attached hydrogen (secondary N) is 1. The maximum Gasteiger partial charge on any atom is 0.231 e. The fraction of sp³-hybridized carbons (Fsp3) is 0.571. The molecule has 0 aromatic carbocycles. The molecule has 0 fully saturated rings. The Labute approximate surface area is 118 Å². The normalized spacial score (nSPS) is 14.8. The second-order valence-corrected chi connectivity index (χ2v) is 6.18. The summed E-state index contributed by atoms with van der Waals surface area (Å²) in [4.78, 5) is 5.82. The van der Waals surface area contributed by atoms with Gasteiger partial charge in [-0.2, -0.15) is 4.98 Å². The lowest BCUT2D eigenvalue weighted by Crippen LogP contribution is -2.32. The van der Waals surface area contributed by atoms with Crippen molar-refractivity contribution in [3.8, 4) is 0 Å². The van der Waals surface area contributed by atoms with Crippen LogP contribution in [0.3, 0.4) is 0 Å². The Kier molecular flexibility index (Phi) is 4.71. The van der Waals surface area contributed by atoms with Crippen LogP contribution in [0.5, 0.6) is 0 Å². The molecule has 0 aliphatic rings. The van der Waals surface area contributed by atoms with E-state index in [-0.39, 0.29) is 5.92 Å². The molecular formula is C14H21N3OS. The van der Waals surface area contributed by atoms with Crippen molar-refractivity contribution in [1.82, 2.24) is 15.5 Å². The van der Waals surface area contributed by atoms with Crippen LogP contribution in [0.2, 0.25) is 0 Å².